The second-order valence-electron chi connectivity index (χ2n) is 7.72. The van der Waals surface area contributed by atoms with Gasteiger partial charge in [0.15, 0.2) is 22.5 Å². The summed E-state index contributed by atoms with van der Waals surface area (Å²) in [5.41, 5.74) is 1.79. The number of rotatable bonds is 5. The average Bonchev–Trinajstić information content (AvgIpc) is 3.08. The van der Waals surface area contributed by atoms with Crippen LogP contribution in [0.5, 0.6) is 11.5 Å². The smallest absolute Gasteiger partial charge is 0.267 e. The van der Waals surface area contributed by atoms with Crippen molar-refractivity contribution in [2.45, 2.75) is 45.1 Å². The standard InChI is InChI=1S/C24H27N3O3S/c1-16-8-7-11-22(25-16)26-24-27(18-9-5-4-6-10-18)23(28)21(31-24)15-17-12-13-19(29-2)20(14-17)30-3/h7-8,11-15,18H,4-6,9-10H2,1-3H3/b21-15-,26-24+. The number of methoxy groups -OCH3 is 2. The van der Waals surface area contributed by atoms with Gasteiger partial charge in [-0.15, -0.1) is 0 Å². The lowest BCUT2D eigenvalue weighted by Crippen LogP contribution is -2.40. The van der Waals surface area contributed by atoms with Gasteiger partial charge in [0.25, 0.3) is 5.91 Å². The Morgan fingerprint density at radius 2 is 1.87 bits per heavy atom. The summed E-state index contributed by atoms with van der Waals surface area (Å²) >= 11 is 1.41. The van der Waals surface area contributed by atoms with Crippen LogP contribution in [0.25, 0.3) is 6.08 Å². The van der Waals surface area contributed by atoms with Gasteiger partial charge in [0.2, 0.25) is 0 Å². The summed E-state index contributed by atoms with van der Waals surface area (Å²) in [6.07, 6.45) is 7.43. The number of aromatic nitrogens is 1. The molecular formula is C24H27N3O3S. The Bertz CT molecular complexity index is 1030. The molecule has 0 bridgehead atoms. The molecule has 1 aliphatic carbocycles. The summed E-state index contributed by atoms with van der Waals surface area (Å²) in [7, 11) is 3.21. The second-order valence-corrected chi connectivity index (χ2v) is 8.73. The van der Waals surface area contributed by atoms with Crippen LogP contribution >= 0.6 is 11.8 Å². The topological polar surface area (TPSA) is 64.0 Å². The molecule has 1 amide bonds. The van der Waals surface area contributed by atoms with Crippen molar-refractivity contribution in [2.75, 3.05) is 14.2 Å². The number of carbonyl (C=O) groups is 1. The number of thioether (sulfide) groups is 1. The molecule has 0 radical (unpaired) electrons. The van der Waals surface area contributed by atoms with Crippen molar-refractivity contribution in [2.24, 2.45) is 4.99 Å². The van der Waals surface area contributed by atoms with Crippen LogP contribution in [-0.4, -0.2) is 41.2 Å². The van der Waals surface area contributed by atoms with E-state index in [0.29, 0.717) is 27.4 Å². The normalized spacial score (nSPS) is 20.0. The van der Waals surface area contributed by atoms with Gasteiger partial charge in [-0.05, 0) is 67.4 Å². The Hall–Kier alpha value is -2.80. The Balaban J connectivity index is 1.70. The number of nitrogens with zero attached hydrogens (tertiary/aromatic N) is 3. The summed E-state index contributed by atoms with van der Waals surface area (Å²) in [5.74, 6) is 1.93. The van der Waals surface area contributed by atoms with E-state index >= 15 is 0 Å². The van der Waals surface area contributed by atoms with Crippen molar-refractivity contribution < 1.29 is 14.3 Å². The molecule has 1 aromatic heterocycles. The van der Waals surface area contributed by atoms with Gasteiger partial charge in [0.1, 0.15) is 0 Å². The van der Waals surface area contributed by atoms with Crippen LogP contribution in [0.15, 0.2) is 46.3 Å². The van der Waals surface area contributed by atoms with Crippen LogP contribution < -0.4 is 9.47 Å². The highest BCUT2D eigenvalue weighted by Gasteiger charge is 2.38. The summed E-state index contributed by atoms with van der Waals surface area (Å²) in [4.78, 5) is 25.3. The third-order valence-corrected chi connectivity index (χ3v) is 6.55. The molecule has 0 atom stereocenters. The first kappa shape index (κ1) is 21.4. The number of benzene rings is 1. The van der Waals surface area contributed by atoms with Gasteiger partial charge in [0.05, 0.1) is 19.1 Å². The van der Waals surface area contributed by atoms with Crippen molar-refractivity contribution in [3.05, 3.63) is 52.6 Å². The van der Waals surface area contributed by atoms with E-state index in [1.165, 1.54) is 18.2 Å². The lowest BCUT2D eigenvalue weighted by atomic mass is 9.94. The Morgan fingerprint density at radius 3 is 2.58 bits per heavy atom. The third kappa shape index (κ3) is 4.77. The summed E-state index contributed by atoms with van der Waals surface area (Å²) in [6, 6.07) is 11.6. The number of carbonyl (C=O) groups excluding carboxylic acids is 1. The first-order valence-electron chi connectivity index (χ1n) is 10.6. The lowest BCUT2D eigenvalue weighted by Gasteiger charge is -2.30. The minimum atomic E-state index is 0.0121. The molecule has 1 saturated carbocycles. The van der Waals surface area contributed by atoms with Crippen molar-refractivity contribution in [1.82, 2.24) is 9.88 Å². The maximum absolute atomic E-state index is 13.4. The van der Waals surface area contributed by atoms with Crippen LogP contribution in [0, 0.1) is 6.92 Å². The monoisotopic (exact) mass is 437 g/mol. The molecule has 6 nitrogen and oxygen atoms in total. The molecular weight excluding hydrogens is 410 g/mol. The van der Waals surface area contributed by atoms with Gasteiger partial charge in [-0.3, -0.25) is 9.69 Å². The third-order valence-electron chi connectivity index (χ3n) is 5.57. The van der Waals surface area contributed by atoms with Crippen LogP contribution in [-0.2, 0) is 4.79 Å². The largest absolute Gasteiger partial charge is 0.493 e. The first-order valence-corrected chi connectivity index (χ1v) is 11.4. The van der Waals surface area contributed by atoms with Gasteiger partial charge in [-0.25, -0.2) is 9.98 Å². The minimum absolute atomic E-state index is 0.0121. The average molecular weight is 438 g/mol. The zero-order chi connectivity index (χ0) is 21.8. The van der Waals surface area contributed by atoms with Gasteiger partial charge in [0, 0.05) is 11.7 Å². The quantitative estimate of drug-likeness (QED) is 0.591. The molecule has 1 aliphatic heterocycles. The number of hydrogen-bond donors (Lipinski definition) is 0. The van der Waals surface area contributed by atoms with Crippen LogP contribution in [0.4, 0.5) is 5.82 Å². The van der Waals surface area contributed by atoms with Gasteiger partial charge < -0.3 is 9.47 Å². The van der Waals surface area contributed by atoms with Crippen molar-refractivity contribution >= 4 is 34.7 Å². The van der Waals surface area contributed by atoms with E-state index in [2.05, 4.69) is 4.98 Å². The summed E-state index contributed by atoms with van der Waals surface area (Å²) in [6.45, 7) is 1.94. The molecule has 2 fully saturated rings. The molecule has 2 heterocycles. The fraction of sp³-hybridized carbons (Fsp3) is 0.375. The first-order chi connectivity index (χ1) is 15.1. The van der Waals surface area contributed by atoms with Crippen LogP contribution in [0.3, 0.4) is 0 Å². The highest BCUT2D eigenvalue weighted by atomic mass is 32.2. The van der Waals surface area contributed by atoms with E-state index in [0.717, 1.165) is 36.9 Å². The van der Waals surface area contributed by atoms with E-state index in [1.807, 2.05) is 54.3 Å². The molecule has 2 aliphatic rings. The molecule has 162 valence electrons. The highest BCUT2D eigenvalue weighted by Crippen LogP contribution is 2.39. The van der Waals surface area contributed by atoms with E-state index < -0.39 is 0 Å². The summed E-state index contributed by atoms with van der Waals surface area (Å²) < 4.78 is 10.7. The maximum Gasteiger partial charge on any atom is 0.267 e. The van der Waals surface area contributed by atoms with E-state index in [4.69, 9.17) is 14.5 Å². The van der Waals surface area contributed by atoms with Crippen LogP contribution in [0.1, 0.15) is 43.4 Å². The molecule has 0 N–H and O–H groups in total. The van der Waals surface area contributed by atoms with Crippen molar-refractivity contribution in [1.29, 1.82) is 0 Å². The molecule has 7 heteroatoms. The van der Waals surface area contributed by atoms with Crippen LogP contribution in [0.2, 0.25) is 0 Å². The zero-order valence-corrected chi connectivity index (χ0v) is 18.9. The Labute approximate surface area is 187 Å². The Kier molecular flexibility index (Phi) is 6.61. The van der Waals surface area contributed by atoms with Gasteiger partial charge in [-0.1, -0.05) is 31.4 Å². The fourth-order valence-electron chi connectivity index (χ4n) is 4.01. The van der Waals surface area contributed by atoms with E-state index in [1.54, 1.807) is 14.2 Å². The predicted octanol–water partition coefficient (Wildman–Crippen LogP) is 5.34. The molecule has 1 aromatic carbocycles. The van der Waals surface area contributed by atoms with E-state index in [9.17, 15) is 4.79 Å². The molecule has 1 saturated heterocycles. The molecule has 0 unspecified atom stereocenters. The van der Waals surface area contributed by atoms with Gasteiger partial charge >= 0.3 is 0 Å². The number of hydrogen-bond acceptors (Lipinski definition) is 6. The number of amides is 1. The minimum Gasteiger partial charge on any atom is -0.493 e. The highest BCUT2D eigenvalue weighted by molar-refractivity contribution is 8.18. The van der Waals surface area contributed by atoms with E-state index in [-0.39, 0.29) is 11.9 Å². The number of amidine groups is 1. The predicted molar refractivity (Wildman–Crippen MR) is 125 cm³/mol. The second kappa shape index (κ2) is 9.56. The molecule has 4 rings (SSSR count). The van der Waals surface area contributed by atoms with Crippen molar-refractivity contribution in [3.63, 3.8) is 0 Å². The molecule has 2 aromatic rings. The van der Waals surface area contributed by atoms with Crippen molar-refractivity contribution in [3.8, 4) is 11.5 Å². The number of ether oxygens (including phenoxy) is 2. The summed E-state index contributed by atoms with van der Waals surface area (Å²) in [5, 5.41) is 0.710. The Morgan fingerprint density at radius 1 is 1.10 bits per heavy atom. The SMILES string of the molecule is COc1ccc(/C=C2\S/C(=N/c3cccc(C)n3)N(C3CCCCC3)C2=O)cc1OC. The maximum atomic E-state index is 13.4. The number of aryl methyl sites for hydroxylation is 1. The zero-order valence-electron chi connectivity index (χ0n) is 18.1. The molecule has 0 spiro atoms. The molecule has 31 heavy (non-hydrogen) atoms. The fourth-order valence-corrected chi connectivity index (χ4v) is 5.06. The lowest BCUT2D eigenvalue weighted by molar-refractivity contribution is -0.124. The van der Waals surface area contributed by atoms with Gasteiger partial charge in [-0.2, -0.15) is 0 Å². The number of pyridine rings is 1. The number of aliphatic imine (C=N–C) groups is 1.